The maximum atomic E-state index is 12.8. The predicted molar refractivity (Wildman–Crippen MR) is 103 cm³/mol. The van der Waals surface area contributed by atoms with Gasteiger partial charge in [0, 0.05) is 30.9 Å². The Hall–Kier alpha value is -0.980. The largest absolute Gasteiger partial charge is 0.342 e. The van der Waals surface area contributed by atoms with Crippen molar-refractivity contribution < 1.29 is 4.79 Å². The van der Waals surface area contributed by atoms with Gasteiger partial charge in [0.15, 0.2) is 0 Å². The zero-order valence-corrected chi connectivity index (χ0v) is 16.5. The van der Waals surface area contributed by atoms with Gasteiger partial charge in [0.1, 0.15) is 0 Å². The van der Waals surface area contributed by atoms with E-state index in [1.54, 1.807) is 11.3 Å². The molecule has 25 heavy (non-hydrogen) atoms. The Morgan fingerprint density at radius 3 is 2.56 bits per heavy atom. The molecule has 0 unspecified atom stereocenters. The molecule has 1 aromatic heterocycles. The highest BCUT2D eigenvalue weighted by atomic mass is 32.1. The zero-order chi connectivity index (χ0) is 17.6. The van der Waals surface area contributed by atoms with Crippen molar-refractivity contribution in [2.75, 3.05) is 39.3 Å². The van der Waals surface area contributed by atoms with Gasteiger partial charge in [-0.05, 0) is 64.7 Å². The van der Waals surface area contributed by atoms with Gasteiger partial charge in [-0.25, -0.2) is 4.98 Å². The third-order valence-corrected chi connectivity index (χ3v) is 6.42. The fraction of sp³-hybridized carbons (Fsp3) is 0.789. The topological polar surface area (TPSA) is 48.5 Å². The first kappa shape index (κ1) is 18.8. The van der Waals surface area contributed by atoms with Crippen molar-refractivity contribution in [1.29, 1.82) is 0 Å². The number of likely N-dealkylation sites (tertiary alicyclic amines) is 2. The van der Waals surface area contributed by atoms with Gasteiger partial charge in [-0.2, -0.15) is 0 Å². The van der Waals surface area contributed by atoms with Gasteiger partial charge in [0.05, 0.1) is 10.7 Å². The highest BCUT2D eigenvalue weighted by molar-refractivity contribution is 7.09. The van der Waals surface area contributed by atoms with Crippen molar-refractivity contribution in [3.8, 4) is 0 Å². The fourth-order valence-corrected chi connectivity index (χ4v) is 4.62. The molecule has 0 atom stereocenters. The average molecular weight is 365 g/mol. The molecule has 1 amide bonds. The molecule has 0 radical (unpaired) electrons. The number of nitrogens with zero attached hydrogens (tertiary/aromatic N) is 3. The molecule has 2 aliphatic heterocycles. The second kappa shape index (κ2) is 9.10. The molecular formula is C19H32N4OS. The number of aromatic nitrogens is 1. The molecule has 0 bridgehead atoms. The molecule has 1 aromatic rings. The van der Waals surface area contributed by atoms with E-state index in [0.29, 0.717) is 5.91 Å². The first-order valence-electron chi connectivity index (χ1n) is 9.78. The lowest BCUT2D eigenvalue weighted by Gasteiger charge is -2.37. The van der Waals surface area contributed by atoms with Crippen molar-refractivity contribution >= 4 is 17.2 Å². The normalized spacial score (nSPS) is 21.0. The summed E-state index contributed by atoms with van der Waals surface area (Å²) >= 11 is 1.72. The van der Waals surface area contributed by atoms with Gasteiger partial charge < -0.3 is 10.2 Å². The third-order valence-electron chi connectivity index (χ3n) is 5.60. The monoisotopic (exact) mass is 364 g/mol. The highest BCUT2D eigenvalue weighted by Gasteiger charge is 2.30. The van der Waals surface area contributed by atoms with E-state index in [4.69, 9.17) is 0 Å². The lowest BCUT2D eigenvalue weighted by molar-refractivity contribution is -0.138. The molecule has 3 rings (SSSR count). The lowest BCUT2D eigenvalue weighted by Crippen LogP contribution is -2.46. The van der Waals surface area contributed by atoms with E-state index >= 15 is 0 Å². The Morgan fingerprint density at radius 2 is 1.96 bits per heavy atom. The van der Waals surface area contributed by atoms with Crippen LogP contribution < -0.4 is 5.32 Å². The zero-order valence-electron chi connectivity index (χ0n) is 15.7. The molecule has 6 heteroatoms. The lowest BCUT2D eigenvalue weighted by atomic mass is 9.92. The maximum absolute atomic E-state index is 12.8. The number of amides is 1. The van der Waals surface area contributed by atoms with Crippen molar-refractivity contribution in [2.24, 2.45) is 11.8 Å². The van der Waals surface area contributed by atoms with Crippen LogP contribution in [-0.2, 0) is 11.3 Å². The Labute approximate surface area is 155 Å². The van der Waals surface area contributed by atoms with Crippen LogP contribution in [0.1, 0.15) is 43.3 Å². The summed E-state index contributed by atoms with van der Waals surface area (Å²) in [4.78, 5) is 22.0. The van der Waals surface area contributed by atoms with Crippen LogP contribution in [0.3, 0.4) is 0 Å². The number of piperidine rings is 2. The number of hydrogen-bond acceptors (Lipinski definition) is 5. The van der Waals surface area contributed by atoms with Crippen LogP contribution in [0.4, 0.5) is 0 Å². The average Bonchev–Trinajstić information content (AvgIpc) is 3.05. The Kier molecular flexibility index (Phi) is 6.84. The van der Waals surface area contributed by atoms with Crippen molar-refractivity contribution in [1.82, 2.24) is 20.1 Å². The molecule has 0 aliphatic carbocycles. The number of carbonyl (C=O) groups is 1. The van der Waals surface area contributed by atoms with Crippen LogP contribution in [-0.4, -0.2) is 60.0 Å². The van der Waals surface area contributed by atoms with Crippen molar-refractivity contribution in [2.45, 2.75) is 46.1 Å². The predicted octanol–water partition coefficient (Wildman–Crippen LogP) is 2.51. The third kappa shape index (κ3) is 5.25. The first-order valence-corrected chi connectivity index (χ1v) is 10.7. The van der Waals surface area contributed by atoms with Crippen LogP contribution >= 0.6 is 11.3 Å². The SMILES string of the molecule is CCNCC1CCN(C(=O)C2CCN(Cc3csc(C)n3)CC2)CC1. The number of rotatable bonds is 6. The van der Waals surface area contributed by atoms with Crippen LogP contribution in [0.15, 0.2) is 5.38 Å². The van der Waals surface area contributed by atoms with Gasteiger partial charge in [0.2, 0.25) is 5.91 Å². The first-order chi connectivity index (χ1) is 12.2. The van der Waals surface area contributed by atoms with Crippen LogP contribution in [0.2, 0.25) is 0 Å². The summed E-state index contributed by atoms with van der Waals surface area (Å²) in [5.74, 6) is 1.39. The Balaban J connectivity index is 1.40. The minimum atomic E-state index is 0.235. The van der Waals surface area contributed by atoms with Gasteiger partial charge >= 0.3 is 0 Å². The highest BCUT2D eigenvalue weighted by Crippen LogP contribution is 2.24. The molecule has 5 nitrogen and oxygen atoms in total. The minimum absolute atomic E-state index is 0.235. The van der Waals surface area contributed by atoms with Crippen LogP contribution in [0, 0.1) is 18.8 Å². The molecule has 2 saturated heterocycles. The molecule has 140 valence electrons. The van der Waals surface area contributed by atoms with E-state index in [9.17, 15) is 4.79 Å². The second-order valence-electron chi connectivity index (χ2n) is 7.48. The maximum Gasteiger partial charge on any atom is 0.225 e. The number of carbonyl (C=O) groups excluding carboxylic acids is 1. The van der Waals surface area contributed by atoms with E-state index in [2.05, 4.69) is 39.3 Å². The number of hydrogen-bond donors (Lipinski definition) is 1. The summed E-state index contributed by atoms with van der Waals surface area (Å²) in [5.41, 5.74) is 1.18. The summed E-state index contributed by atoms with van der Waals surface area (Å²) in [7, 11) is 0. The molecule has 2 aliphatic rings. The van der Waals surface area contributed by atoms with Gasteiger partial charge in [0.25, 0.3) is 0 Å². The summed E-state index contributed by atoms with van der Waals surface area (Å²) in [5, 5.41) is 6.73. The smallest absolute Gasteiger partial charge is 0.225 e. The van der Waals surface area contributed by atoms with E-state index in [0.717, 1.165) is 82.4 Å². The molecular weight excluding hydrogens is 332 g/mol. The van der Waals surface area contributed by atoms with Crippen molar-refractivity contribution in [3.05, 3.63) is 16.1 Å². The minimum Gasteiger partial charge on any atom is -0.342 e. The van der Waals surface area contributed by atoms with E-state index in [-0.39, 0.29) is 5.92 Å². The second-order valence-corrected chi connectivity index (χ2v) is 8.55. The number of nitrogens with one attached hydrogen (secondary N) is 1. The summed E-state index contributed by atoms with van der Waals surface area (Å²) in [6, 6.07) is 0. The summed E-state index contributed by atoms with van der Waals surface area (Å²) in [6.45, 7) is 11.2. The number of aryl methyl sites for hydroxylation is 1. The van der Waals surface area contributed by atoms with Crippen LogP contribution in [0.5, 0.6) is 0 Å². The molecule has 0 saturated carbocycles. The quantitative estimate of drug-likeness (QED) is 0.843. The molecule has 3 heterocycles. The van der Waals surface area contributed by atoms with Crippen molar-refractivity contribution in [3.63, 3.8) is 0 Å². The van der Waals surface area contributed by atoms with E-state index in [1.807, 2.05) is 0 Å². The Bertz CT molecular complexity index is 545. The fourth-order valence-electron chi connectivity index (χ4n) is 4.01. The van der Waals surface area contributed by atoms with E-state index in [1.165, 1.54) is 5.69 Å². The van der Waals surface area contributed by atoms with E-state index < -0.39 is 0 Å². The molecule has 0 aromatic carbocycles. The summed E-state index contributed by atoms with van der Waals surface area (Å²) < 4.78 is 0. The van der Waals surface area contributed by atoms with Gasteiger partial charge in [-0.1, -0.05) is 6.92 Å². The standard InChI is InChI=1S/C19H32N4OS/c1-3-20-12-16-4-10-23(11-5-16)19(24)17-6-8-22(9-7-17)13-18-14-25-15(2)21-18/h14,16-17,20H,3-13H2,1-2H3. The van der Waals surface area contributed by atoms with Gasteiger partial charge in [-0.15, -0.1) is 11.3 Å². The molecule has 1 N–H and O–H groups in total. The van der Waals surface area contributed by atoms with Gasteiger partial charge in [-0.3, -0.25) is 9.69 Å². The number of thiazole rings is 1. The Morgan fingerprint density at radius 1 is 1.24 bits per heavy atom. The molecule has 0 spiro atoms. The summed E-state index contributed by atoms with van der Waals surface area (Å²) in [6.07, 6.45) is 4.31. The van der Waals surface area contributed by atoms with Crippen LogP contribution in [0.25, 0.3) is 0 Å². The molecule has 2 fully saturated rings.